The Bertz CT molecular complexity index is 1440. The van der Waals surface area contributed by atoms with Crippen LogP contribution in [-0.4, -0.2) is 16.3 Å². The molecule has 1 aliphatic rings. The molecular weight excluding hydrogens is 585 g/mol. The van der Waals surface area contributed by atoms with Gasteiger partial charge in [0.1, 0.15) is 0 Å². The molecule has 1 aliphatic carbocycles. The summed E-state index contributed by atoms with van der Waals surface area (Å²) in [5, 5.41) is 18.5. The Morgan fingerprint density at radius 1 is 0.479 bits per heavy atom. The van der Waals surface area contributed by atoms with Crippen molar-refractivity contribution >= 4 is 10.8 Å². The molecule has 0 radical (unpaired) electrons. The maximum Gasteiger partial charge on any atom is 0.0719 e. The van der Waals surface area contributed by atoms with Gasteiger partial charge in [0.25, 0.3) is 0 Å². The van der Waals surface area contributed by atoms with E-state index in [0.717, 1.165) is 12.7 Å². The highest BCUT2D eigenvalue weighted by Crippen LogP contribution is 2.28. The van der Waals surface area contributed by atoms with Gasteiger partial charge in [0, 0.05) is 0 Å². The number of aliphatic hydroxyl groups is 2. The van der Waals surface area contributed by atoms with Crippen molar-refractivity contribution < 1.29 is 10.2 Å². The number of hydrogen-bond acceptors (Lipinski definition) is 2. The van der Waals surface area contributed by atoms with E-state index in [1.54, 1.807) is 0 Å². The molecule has 252 valence electrons. The molecule has 1 saturated carbocycles. The van der Waals surface area contributed by atoms with Crippen molar-refractivity contribution in [2.24, 2.45) is 5.92 Å². The lowest BCUT2D eigenvalue weighted by Crippen LogP contribution is -1.81. The summed E-state index contributed by atoms with van der Waals surface area (Å²) in [4.78, 5) is 0. The summed E-state index contributed by atoms with van der Waals surface area (Å²) < 4.78 is 0. The molecule has 48 heavy (non-hydrogen) atoms. The van der Waals surface area contributed by atoms with Crippen LogP contribution in [0.4, 0.5) is 0 Å². The van der Waals surface area contributed by atoms with Gasteiger partial charge in [-0.05, 0) is 75.8 Å². The molecular formula is C46H56O2. The summed E-state index contributed by atoms with van der Waals surface area (Å²) in [6, 6.07) is 53.9. The Kier molecular flexibility index (Phi) is 21.6. The van der Waals surface area contributed by atoms with Crippen molar-refractivity contribution in [3.05, 3.63) is 204 Å². The smallest absolute Gasteiger partial charge is 0.0719 e. The molecule has 6 aromatic rings. The molecule has 0 heterocycles. The Labute approximate surface area is 291 Å². The van der Waals surface area contributed by atoms with Crippen LogP contribution < -0.4 is 0 Å². The molecule has 0 saturated heterocycles. The highest BCUT2D eigenvalue weighted by Gasteiger charge is 2.29. The topological polar surface area (TPSA) is 40.5 Å². The van der Waals surface area contributed by atoms with Gasteiger partial charge in [-0.3, -0.25) is 0 Å². The minimum absolute atomic E-state index is 0.0509. The van der Waals surface area contributed by atoms with E-state index >= 15 is 0 Å². The summed E-state index contributed by atoms with van der Waals surface area (Å²) in [5.74, 6) is 0.606. The van der Waals surface area contributed by atoms with Crippen LogP contribution in [0.15, 0.2) is 171 Å². The zero-order chi connectivity index (χ0) is 35.6. The maximum absolute atomic E-state index is 8.44. The first-order chi connectivity index (χ1) is 23.1. The van der Waals surface area contributed by atoms with Crippen molar-refractivity contribution in [1.29, 1.82) is 0 Å². The van der Waals surface area contributed by atoms with Crippen molar-refractivity contribution in [2.75, 3.05) is 0 Å². The molecule has 0 bridgehead atoms. The van der Waals surface area contributed by atoms with Crippen LogP contribution in [0.2, 0.25) is 0 Å². The van der Waals surface area contributed by atoms with E-state index < -0.39 is 0 Å². The van der Waals surface area contributed by atoms with Gasteiger partial charge in [0.05, 0.1) is 12.4 Å². The van der Waals surface area contributed by atoms with Gasteiger partial charge in [-0.15, -0.1) is 0 Å². The summed E-state index contributed by atoms with van der Waals surface area (Å²) in [5.41, 5.74) is 8.02. The average Bonchev–Trinajstić information content (AvgIpc) is 3.75. The fourth-order valence-electron chi connectivity index (χ4n) is 4.19. The number of aliphatic hydroxyl groups excluding tert-OH is 2. The van der Waals surface area contributed by atoms with Gasteiger partial charge in [0.2, 0.25) is 0 Å². The first-order valence-corrected chi connectivity index (χ1v) is 16.5. The molecule has 0 spiro atoms. The monoisotopic (exact) mass is 640 g/mol. The molecule has 7 rings (SSSR count). The Morgan fingerprint density at radius 3 is 0.854 bits per heavy atom. The van der Waals surface area contributed by atoms with E-state index in [2.05, 4.69) is 133 Å². The first-order valence-electron chi connectivity index (χ1n) is 16.5. The van der Waals surface area contributed by atoms with E-state index in [1.807, 2.05) is 79.7 Å². The molecule has 1 fully saturated rings. The van der Waals surface area contributed by atoms with Crippen LogP contribution in [0, 0.1) is 47.5 Å². The molecule has 2 N–H and O–H groups in total. The number of rotatable bonds is 0. The van der Waals surface area contributed by atoms with Crippen molar-refractivity contribution in [3.8, 4) is 0 Å². The van der Waals surface area contributed by atoms with Gasteiger partial charge in [-0.1, -0.05) is 193 Å². The van der Waals surface area contributed by atoms with E-state index in [-0.39, 0.29) is 6.10 Å². The maximum atomic E-state index is 8.44. The molecule has 6 aromatic carbocycles. The summed E-state index contributed by atoms with van der Waals surface area (Å²) >= 11 is 0. The third kappa shape index (κ3) is 20.3. The van der Waals surface area contributed by atoms with Crippen LogP contribution in [0.3, 0.4) is 0 Å². The second-order valence-electron chi connectivity index (χ2n) is 11.8. The van der Waals surface area contributed by atoms with Crippen LogP contribution in [0.5, 0.6) is 0 Å². The van der Waals surface area contributed by atoms with Crippen LogP contribution in [-0.2, 0) is 0 Å². The minimum Gasteiger partial charge on any atom is -0.516 e. The lowest BCUT2D eigenvalue weighted by atomic mass is 10.0. The van der Waals surface area contributed by atoms with Crippen LogP contribution in [0.1, 0.15) is 46.7 Å². The second kappa shape index (κ2) is 25.2. The molecule has 2 unspecified atom stereocenters. The van der Waals surface area contributed by atoms with E-state index in [1.165, 1.54) is 44.2 Å². The Morgan fingerprint density at radius 2 is 0.708 bits per heavy atom. The van der Waals surface area contributed by atoms with Crippen molar-refractivity contribution in [2.45, 2.75) is 61.0 Å². The summed E-state index contributed by atoms with van der Waals surface area (Å²) in [7, 11) is 0. The molecule has 0 aliphatic heterocycles. The predicted octanol–water partition coefficient (Wildman–Crippen LogP) is 12.5. The standard InChI is InChI=1S/C12H12.4C7H8.C4H8O.C2H4O/c1-9-5-3-7-11-8-4-6-10(2)12(9)11;4*1-7-5-3-2-4-6-7;1-3-2-4(3)5;1-2-3/h3-8H,1-2H3;4*2-6H,1H3;3-5H,2H2,1H3;2-3H,1H2. The normalized spacial score (nSPS) is 13.1. The quantitative estimate of drug-likeness (QED) is 0.162. The zero-order valence-electron chi connectivity index (χ0n) is 30.1. The van der Waals surface area contributed by atoms with Gasteiger partial charge in [-0.25, -0.2) is 0 Å². The van der Waals surface area contributed by atoms with E-state index in [4.69, 9.17) is 10.2 Å². The molecule has 2 atom stereocenters. The molecule has 2 heteroatoms. The van der Waals surface area contributed by atoms with E-state index in [9.17, 15) is 0 Å². The van der Waals surface area contributed by atoms with Crippen LogP contribution in [0.25, 0.3) is 10.8 Å². The number of hydrogen-bond donors (Lipinski definition) is 2. The highest BCUT2D eigenvalue weighted by molar-refractivity contribution is 5.88. The Balaban J connectivity index is 0.000000289. The summed E-state index contributed by atoms with van der Waals surface area (Å²) in [6.45, 7) is 17.6. The number of benzene rings is 6. The highest BCUT2D eigenvalue weighted by atomic mass is 16.3. The number of fused-ring (bicyclic) bond motifs is 1. The van der Waals surface area contributed by atoms with Crippen molar-refractivity contribution in [3.63, 3.8) is 0 Å². The third-order valence-electron chi connectivity index (χ3n) is 7.15. The molecule has 0 amide bonds. The van der Waals surface area contributed by atoms with Gasteiger partial charge in [0.15, 0.2) is 0 Å². The molecule has 2 nitrogen and oxygen atoms in total. The van der Waals surface area contributed by atoms with E-state index in [0.29, 0.717) is 5.92 Å². The average molecular weight is 641 g/mol. The fraction of sp³-hybridized carbons (Fsp3) is 0.217. The SMILES string of the molecule is C=CO.CC1CC1O.Cc1cccc2cccc(C)c12.Cc1ccccc1.Cc1ccccc1.Cc1ccccc1.Cc1ccccc1. The lowest BCUT2D eigenvalue weighted by molar-refractivity contribution is 0.263. The fourth-order valence-corrected chi connectivity index (χ4v) is 4.19. The van der Waals surface area contributed by atoms with Gasteiger partial charge >= 0.3 is 0 Å². The Hall–Kier alpha value is -4.92. The third-order valence-corrected chi connectivity index (χ3v) is 7.15. The first kappa shape index (κ1) is 41.1. The van der Waals surface area contributed by atoms with Gasteiger partial charge < -0.3 is 10.2 Å². The lowest BCUT2D eigenvalue weighted by Gasteiger charge is -2.04. The van der Waals surface area contributed by atoms with Gasteiger partial charge in [-0.2, -0.15) is 0 Å². The largest absolute Gasteiger partial charge is 0.516 e. The van der Waals surface area contributed by atoms with Crippen LogP contribution >= 0.6 is 0 Å². The number of aryl methyl sites for hydroxylation is 6. The second-order valence-corrected chi connectivity index (χ2v) is 11.8. The predicted molar refractivity (Wildman–Crippen MR) is 211 cm³/mol. The molecule has 0 aromatic heterocycles. The summed E-state index contributed by atoms with van der Waals surface area (Å²) in [6.07, 6.45) is 1.83. The van der Waals surface area contributed by atoms with Crippen molar-refractivity contribution in [1.82, 2.24) is 0 Å². The minimum atomic E-state index is 0.0509. The zero-order valence-corrected chi connectivity index (χ0v) is 30.1.